The maximum Gasteiger partial charge on any atom is 0.212 e. The average molecular weight is 403 g/mol. The lowest BCUT2D eigenvalue weighted by molar-refractivity contribution is 0.812. The fraction of sp³-hybridized carbons (Fsp3) is 0.0500. The quantitative estimate of drug-likeness (QED) is 0.400. The van der Waals surface area contributed by atoms with Crippen LogP contribution in [0.1, 0.15) is 5.69 Å². The third kappa shape index (κ3) is 3.39. The highest BCUT2D eigenvalue weighted by molar-refractivity contribution is 7.98. The highest BCUT2D eigenvalue weighted by Gasteiger charge is 2.11. The molecular weight excluding hydrogens is 388 g/mol. The van der Waals surface area contributed by atoms with Crippen LogP contribution in [0.3, 0.4) is 0 Å². The van der Waals surface area contributed by atoms with Crippen LogP contribution < -0.4 is 0 Å². The van der Waals surface area contributed by atoms with Crippen LogP contribution >= 0.6 is 23.1 Å². The number of benzene rings is 1. The molecule has 0 fully saturated rings. The van der Waals surface area contributed by atoms with Crippen molar-refractivity contribution in [2.45, 2.75) is 10.9 Å². The van der Waals surface area contributed by atoms with Gasteiger partial charge < -0.3 is 0 Å². The maximum atomic E-state index is 4.74. The van der Waals surface area contributed by atoms with Crippen LogP contribution in [-0.4, -0.2) is 29.8 Å². The number of rotatable bonds is 5. The Labute approximate surface area is 169 Å². The number of fused-ring (bicyclic) bond motifs is 1. The summed E-state index contributed by atoms with van der Waals surface area (Å²) in [6.07, 6.45) is 3.55. The molecule has 5 aromatic rings. The number of nitrogens with zero attached hydrogens (tertiary/aromatic N) is 6. The standard InChI is InChI=1S/C20H14N6S2/c1-2-5-14(6-3-1)19-22-16(12-27-19)13-28-20-24-23-18-9-8-17(25-26(18)20)15-7-4-10-21-11-15/h1-12H,13H2. The Balaban J connectivity index is 1.38. The van der Waals surface area contributed by atoms with Gasteiger partial charge in [-0.3, -0.25) is 4.98 Å². The van der Waals surface area contributed by atoms with E-state index < -0.39 is 0 Å². The number of thioether (sulfide) groups is 1. The van der Waals surface area contributed by atoms with Gasteiger partial charge in [0, 0.05) is 34.7 Å². The third-order valence-corrected chi connectivity index (χ3v) is 6.01. The van der Waals surface area contributed by atoms with Gasteiger partial charge in [0.2, 0.25) is 5.16 Å². The van der Waals surface area contributed by atoms with Crippen molar-refractivity contribution in [3.05, 3.63) is 78.1 Å². The largest absolute Gasteiger partial charge is 0.264 e. The first-order chi connectivity index (χ1) is 13.9. The minimum absolute atomic E-state index is 0.711. The molecule has 0 bridgehead atoms. The van der Waals surface area contributed by atoms with Gasteiger partial charge in [-0.2, -0.15) is 9.61 Å². The summed E-state index contributed by atoms with van der Waals surface area (Å²) in [5, 5.41) is 17.0. The van der Waals surface area contributed by atoms with E-state index in [9.17, 15) is 0 Å². The summed E-state index contributed by atoms with van der Waals surface area (Å²) in [7, 11) is 0. The smallest absolute Gasteiger partial charge is 0.212 e. The minimum Gasteiger partial charge on any atom is -0.264 e. The molecule has 0 N–H and O–H groups in total. The molecule has 4 aromatic heterocycles. The van der Waals surface area contributed by atoms with Gasteiger partial charge in [0.1, 0.15) is 5.01 Å². The number of hydrogen-bond donors (Lipinski definition) is 0. The van der Waals surface area contributed by atoms with E-state index in [1.54, 1.807) is 40.0 Å². The van der Waals surface area contributed by atoms with Crippen LogP contribution in [0.25, 0.3) is 27.5 Å². The van der Waals surface area contributed by atoms with Gasteiger partial charge in [-0.05, 0) is 24.3 Å². The fourth-order valence-electron chi connectivity index (χ4n) is 2.75. The molecule has 0 amide bonds. The predicted octanol–water partition coefficient (Wildman–Crippen LogP) is 4.60. The zero-order valence-electron chi connectivity index (χ0n) is 14.6. The zero-order chi connectivity index (χ0) is 18.8. The number of pyridine rings is 1. The Morgan fingerprint density at radius 1 is 0.929 bits per heavy atom. The van der Waals surface area contributed by atoms with Gasteiger partial charge in [-0.1, -0.05) is 42.1 Å². The molecule has 0 radical (unpaired) electrons. The summed E-state index contributed by atoms with van der Waals surface area (Å²) >= 11 is 3.23. The van der Waals surface area contributed by atoms with Crippen LogP contribution in [0.2, 0.25) is 0 Å². The van der Waals surface area contributed by atoms with Gasteiger partial charge in [0.05, 0.1) is 11.4 Å². The van der Waals surface area contributed by atoms with Crippen LogP contribution in [0.15, 0.2) is 77.5 Å². The molecular formula is C20H14N6S2. The monoisotopic (exact) mass is 402 g/mol. The van der Waals surface area contributed by atoms with Crippen molar-refractivity contribution < 1.29 is 0 Å². The summed E-state index contributed by atoms with van der Waals surface area (Å²) in [5.74, 6) is 0.711. The summed E-state index contributed by atoms with van der Waals surface area (Å²) in [6, 6.07) is 17.9. The van der Waals surface area contributed by atoms with Gasteiger partial charge in [-0.25, -0.2) is 4.98 Å². The second kappa shape index (κ2) is 7.49. The van der Waals surface area contributed by atoms with E-state index in [4.69, 9.17) is 4.98 Å². The topological polar surface area (TPSA) is 68.9 Å². The van der Waals surface area contributed by atoms with Crippen molar-refractivity contribution in [1.29, 1.82) is 0 Å². The van der Waals surface area contributed by atoms with Crippen molar-refractivity contribution in [3.63, 3.8) is 0 Å². The Bertz CT molecular complexity index is 1220. The second-order valence-corrected chi connectivity index (χ2v) is 7.81. The zero-order valence-corrected chi connectivity index (χ0v) is 16.3. The molecule has 0 spiro atoms. The molecule has 0 aliphatic carbocycles. The molecule has 6 nitrogen and oxygen atoms in total. The van der Waals surface area contributed by atoms with E-state index in [-0.39, 0.29) is 0 Å². The van der Waals surface area contributed by atoms with E-state index in [0.29, 0.717) is 5.75 Å². The third-order valence-electron chi connectivity index (χ3n) is 4.11. The highest BCUT2D eigenvalue weighted by atomic mass is 32.2. The SMILES string of the molecule is c1ccc(-c2nc(CSc3nnc4ccc(-c5cccnc5)nn34)cs2)cc1. The number of aromatic nitrogens is 6. The normalized spacial score (nSPS) is 11.1. The van der Waals surface area contributed by atoms with Crippen LogP contribution in [0, 0.1) is 0 Å². The van der Waals surface area contributed by atoms with E-state index in [1.807, 2.05) is 42.5 Å². The van der Waals surface area contributed by atoms with Crippen molar-refractivity contribution in [2.75, 3.05) is 0 Å². The van der Waals surface area contributed by atoms with Crippen molar-refractivity contribution >= 4 is 28.7 Å². The summed E-state index contributed by atoms with van der Waals surface area (Å²) in [5.41, 5.74) is 4.68. The van der Waals surface area contributed by atoms with Crippen LogP contribution in [0.4, 0.5) is 0 Å². The summed E-state index contributed by atoms with van der Waals surface area (Å²) in [4.78, 5) is 8.90. The molecule has 8 heteroatoms. The minimum atomic E-state index is 0.711. The Kier molecular flexibility index (Phi) is 4.56. The van der Waals surface area contributed by atoms with E-state index in [2.05, 4.69) is 37.8 Å². The van der Waals surface area contributed by atoms with E-state index >= 15 is 0 Å². The van der Waals surface area contributed by atoms with E-state index in [1.165, 1.54) is 0 Å². The Morgan fingerprint density at radius 3 is 2.68 bits per heavy atom. The molecule has 28 heavy (non-hydrogen) atoms. The molecule has 0 saturated heterocycles. The van der Waals surface area contributed by atoms with Crippen molar-refractivity contribution in [1.82, 2.24) is 29.8 Å². The first-order valence-corrected chi connectivity index (χ1v) is 10.5. The molecule has 5 rings (SSSR count). The average Bonchev–Trinajstić information content (AvgIpc) is 3.40. The second-order valence-electron chi connectivity index (χ2n) is 6.01. The molecule has 0 atom stereocenters. The molecule has 4 heterocycles. The number of hydrogen-bond acceptors (Lipinski definition) is 7. The molecule has 0 aliphatic heterocycles. The first kappa shape index (κ1) is 17.0. The Morgan fingerprint density at radius 2 is 1.82 bits per heavy atom. The molecule has 136 valence electrons. The van der Waals surface area contributed by atoms with Gasteiger partial charge >= 0.3 is 0 Å². The Hall–Kier alpha value is -3.10. The lowest BCUT2D eigenvalue weighted by atomic mass is 10.2. The molecule has 0 saturated carbocycles. The molecule has 1 aromatic carbocycles. The van der Waals surface area contributed by atoms with Gasteiger partial charge in [-0.15, -0.1) is 21.5 Å². The van der Waals surface area contributed by atoms with Crippen LogP contribution in [-0.2, 0) is 5.75 Å². The molecule has 0 aliphatic rings. The lowest BCUT2D eigenvalue weighted by Gasteiger charge is -2.02. The van der Waals surface area contributed by atoms with Crippen molar-refractivity contribution in [3.8, 4) is 21.8 Å². The fourth-order valence-corrected chi connectivity index (χ4v) is 4.46. The first-order valence-electron chi connectivity index (χ1n) is 8.62. The maximum absolute atomic E-state index is 4.74. The summed E-state index contributed by atoms with van der Waals surface area (Å²) < 4.78 is 1.78. The van der Waals surface area contributed by atoms with Crippen molar-refractivity contribution in [2.24, 2.45) is 0 Å². The van der Waals surface area contributed by atoms with Gasteiger partial charge in [0.15, 0.2) is 5.65 Å². The highest BCUT2D eigenvalue weighted by Crippen LogP contribution is 2.27. The number of thiazole rings is 1. The van der Waals surface area contributed by atoms with E-state index in [0.717, 1.165) is 38.3 Å². The lowest BCUT2D eigenvalue weighted by Crippen LogP contribution is -1.96. The van der Waals surface area contributed by atoms with Crippen LogP contribution in [0.5, 0.6) is 0 Å². The van der Waals surface area contributed by atoms with Gasteiger partial charge in [0.25, 0.3) is 0 Å². The molecule has 0 unspecified atom stereocenters. The predicted molar refractivity (Wildman–Crippen MR) is 111 cm³/mol. The summed E-state index contributed by atoms with van der Waals surface area (Å²) in [6.45, 7) is 0.